The van der Waals surface area contributed by atoms with Gasteiger partial charge in [0.2, 0.25) is 0 Å². The fraction of sp³-hybridized carbons (Fsp3) is 0.474. The predicted octanol–water partition coefficient (Wildman–Crippen LogP) is 8.32. The van der Waals surface area contributed by atoms with Gasteiger partial charge < -0.3 is 10.2 Å². The largest absolute Gasteiger partial charge is 0.511 e. The Morgan fingerprint density at radius 3 is 1.34 bits per heavy atom. The average molecular weight is 597 g/mol. The molecule has 2 aromatic carbocycles. The number of benzene rings is 2. The second kappa shape index (κ2) is 14.8. The van der Waals surface area contributed by atoms with Crippen LogP contribution >= 0.6 is 0 Å². The maximum absolute atomic E-state index is 13.1. The highest BCUT2D eigenvalue weighted by atomic mass is 16.3. The number of aliphatic hydroxyl groups is 2. The van der Waals surface area contributed by atoms with E-state index in [1.807, 2.05) is 36.4 Å². The van der Waals surface area contributed by atoms with Crippen molar-refractivity contribution in [3.8, 4) is 0 Å². The molecule has 0 spiro atoms. The van der Waals surface area contributed by atoms with Crippen molar-refractivity contribution in [1.29, 1.82) is 0 Å². The lowest BCUT2D eigenvalue weighted by molar-refractivity contribution is -0.118. The topological polar surface area (TPSA) is 99.3 Å². The molecule has 0 heterocycles. The number of hydrogen-bond donors (Lipinski definition) is 2. The Morgan fingerprint density at radius 2 is 0.977 bits per heavy atom. The number of carbonyl (C=O) groups is 2. The van der Waals surface area contributed by atoms with E-state index < -0.39 is 0 Å². The van der Waals surface area contributed by atoms with Crippen molar-refractivity contribution in [2.24, 2.45) is 20.8 Å². The van der Waals surface area contributed by atoms with Crippen LogP contribution in [0.3, 0.4) is 0 Å². The van der Waals surface area contributed by atoms with Crippen LogP contribution in [-0.2, 0) is 22.4 Å². The van der Waals surface area contributed by atoms with Gasteiger partial charge in [-0.2, -0.15) is 0 Å². The first-order valence-electron chi connectivity index (χ1n) is 16.0. The zero-order valence-corrected chi connectivity index (χ0v) is 26.9. The van der Waals surface area contributed by atoms with Gasteiger partial charge in [-0.1, -0.05) is 88.4 Å². The third kappa shape index (κ3) is 9.35. The maximum Gasteiger partial charge on any atom is 0.168 e. The number of ketones is 2. The van der Waals surface area contributed by atoms with E-state index in [1.165, 1.54) is 11.1 Å². The zero-order chi connectivity index (χ0) is 31.7. The Kier molecular flexibility index (Phi) is 11.1. The summed E-state index contributed by atoms with van der Waals surface area (Å²) in [5.41, 5.74) is 4.10. The Morgan fingerprint density at radius 1 is 0.614 bits per heavy atom. The van der Waals surface area contributed by atoms with E-state index in [1.54, 1.807) is 0 Å². The molecule has 2 N–H and O–H groups in total. The van der Waals surface area contributed by atoms with E-state index in [-0.39, 0.29) is 33.9 Å². The molecule has 2 saturated carbocycles. The minimum Gasteiger partial charge on any atom is -0.511 e. The highest BCUT2D eigenvalue weighted by Crippen LogP contribution is 2.37. The molecule has 6 heteroatoms. The first-order valence-corrected chi connectivity index (χ1v) is 16.0. The molecule has 2 fully saturated rings. The number of hydrogen-bond acceptors (Lipinski definition) is 6. The quantitative estimate of drug-likeness (QED) is 0.155. The first-order chi connectivity index (χ1) is 20.9. The van der Waals surface area contributed by atoms with Crippen LogP contribution in [-0.4, -0.2) is 46.3 Å². The summed E-state index contributed by atoms with van der Waals surface area (Å²) in [4.78, 5) is 35.9. The number of Topliss-reactive ketones (excluding diaryl/α,β-unsaturated/α-hetero) is 2. The van der Waals surface area contributed by atoms with Crippen molar-refractivity contribution in [2.45, 2.75) is 91.9 Å². The van der Waals surface area contributed by atoms with E-state index in [0.717, 1.165) is 12.8 Å². The summed E-state index contributed by atoms with van der Waals surface area (Å²) in [5, 5.41) is 22.2. The summed E-state index contributed by atoms with van der Waals surface area (Å²) < 4.78 is 0. The molecule has 234 valence electrons. The highest BCUT2D eigenvalue weighted by Gasteiger charge is 2.37. The monoisotopic (exact) mass is 596 g/mol. The summed E-state index contributed by atoms with van der Waals surface area (Å²) in [6, 6.07) is 20.3. The van der Waals surface area contributed by atoms with Gasteiger partial charge in [0.1, 0.15) is 11.5 Å². The molecule has 0 aliphatic heterocycles. The van der Waals surface area contributed by atoms with Gasteiger partial charge in [-0.05, 0) is 60.5 Å². The fourth-order valence-electron chi connectivity index (χ4n) is 6.27. The summed E-state index contributed by atoms with van der Waals surface area (Å²) in [5.74, 6) is 0.0346. The van der Waals surface area contributed by atoms with Crippen LogP contribution in [0, 0.1) is 10.8 Å². The lowest BCUT2D eigenvalue weighted by Gasteiger charge is -2.31. The Labute approximate surface area is 262 Å². The summed E-state index contributed by atoms with van der Waals surface area (Å²) in [7, 11) is 0. The van der Waals surface area contributed by atoms with Crippen molar-refractivity contribution in [3.63, 3.8) is 0 Å². The lowest BCUT2D eigenvalue weighted by atomic mass is 9.73. The van der Waals surface area contributed by atoms with Gasteiger partial charge in [-0.15, -0.1) is 0 Å². The predicted molar refractivity (Wildman–Crippen MR) is 179 cm³/mol. The van der Waals surface area contributed by atoms with Gasteiger partial charge in [0, 0.05) is 50.2 Å². The molecule has 0 saturated heterocycles. The minimum atomic E-state index is -0.203. The molecule has 0 amide bonds. The molecule has 6 nitrogen and oxygen atoms in total. The zero-order valence-electron chi connectivity index (χ0n) is 26.9. The standard InChI is InChI=1S/C38H48N2O4/c1-37(2)23-29(39-21-19-27-13-7-5-8-14-27)35(33(43)25-37)31(41)17-11-12-18-32(42)36-30(24-38(3,4)26-34(36)44)40-22-20-28-15-9-6-10-16-28/h5-10,13-16,41-42H,11-12,17-26H2,1-4H3/b35-31-,36-32+,39-29?,40-30?. The van der Waals surface area contributed by atoms with Crippen molar-refractivity contribution >= 4 is 23.0 Å². The van der Waals surface area contributed by atoms with E-state index >= 15 is 0 Å². The van der Waals surface area contributed by atoms with Crippen LogP contribution in [0.2, 0.25) is 0 Å². The van der Waals surface area contributed by atoms with Crippen molar-refractivity contribution < 1.29 is 19.8 Å². The highest BCUT2D eigenvalue weighted by molar-refractivity contribution is 6.25. The number of aliphatic hydroxyl groups excluding tert-OH is 2. The van der Waals surface area contributed by atoms with Gasteiger partial charge in [-0.3, -0.25) is 19.6 Å². The SMILES string of the molecule is CC1(C)CC(=O)/C(=C(\O)CCCC/C(O)=C2\C(=O)CC(C)(C)CC2=NCCc2ccccc2)C(=NCCc2ccccc2)C1. The van der Waals surface area contributed by atoms with Gasteiger partial charge in [0.15, 0.2) is 11.6 Å². The van der Waals surface area contributed by atoms with Gasteiger partial charge in [0.05, 0.1) is 11.1 Å². The average Bonchev–Trinajstić information content (AvgIpc) is 2.95. The first kappa shape index (κ1) is 33.1. The number of unbranched alkanes of at least 4 members (excludes halogenated alkanes) is 1. The normalized spacial score (nSPS) is 22.4. The molecule has 2 aliphatic rings. The summed E-state index contributed by atoms with van der Waals surface area (Å²) in [6.07, 6.45) is 5.37. The number of rotatable bonds is 11. The molecule has 0 unspecified atom stereocenters. The van der Waals surface area contributed by atoms with Gasteiger partial charge in [0.25, 0.3) is 0 Å². The smallest absolute Gasteiger partial charge is 0.168 e. The molecular weight excluding hydrogens is 548 g/mol. The van der Waals surface area contributed by atoms with Crippen molar-refractivity contribution in [2.75, 3.05) is 13.1 Å². The Hall–Kier alpha value is -3.80. The third-order valence-electron chi connectivity index (χ3n) is 8.45. The van der Waals surface area contributed by atoms with Gasteiger partial charge in [-0.25, -0.2) is 0 Å². The third-order valence-corrected chi connectivity index (χ3v) is 8.45. The Balaban J connectivity index is 1.42. The molecule has 0 radical (unpaired) electrons. The lowest BCUT2D eigenvalue weighted by Crippen LogP contribution is -2.33. The van der Waals surface area contributed by atoms with E-state index in [4.69, 9.17) is 9.98 Å². The van der Waals surface area contributed by atoms with E-state index in [0.29, 0.717) is 87.0 Å². The number of nitrogens with zero attached hydrogens (tertiary/aromatic N) is 2. The van der Waals surface area contributed by atoms with Gasteiger partial charge >= 0.3 is 0 Å². The maximum atomic E-state index is 13.1. The fourth-order valence-corrected chi connectivity index (χ4v) is 6.27. The molecule has 2 aliphatic carbocycles. The number of aliphatic imine (C=N–C) groups is 2. The van der Waals surface area contributed by atoms with E-state index in [2.05, 4.69) is 52.0 Å². The molecule has 2 aromatic rings. The van der Waals surface area contributed by atoms with E-state index in [9.17, 15) is 19.8 Å². The van der Waals surface area contributed by atoms with Crippen LogP contribution < -0.4 is 0 Å². The molecule has 0 atom stereocenters. The number of allylic oxidation sites excluding steroid dienone is 4. The Bertz CT molecular complexity index is 1330. The van der Waals surface area contributed by atoms with Crippen molar-refractivity contribution in [1.82, 2.24) is 0 Å². The summed E-state index contributed by atoms with van der Waals surface area (Å²) >= 11 is 0. The van der Waals surface area contributed by atoms with Crippen LogP contribution in [0.1, 0.15) is 90.2 Å². The molecule has 0 bridgehead atoms. The number of carbonyl (C=O) groups excluding carboxylic acids is 2. The van der Waals surface area contributed by atoms with Crippen LogP contribution in [0.5, 0.6) is 0 Å². The van der Waals surface area contributed by atoms with Crippen LogP contribution in [0.4, 0.5) is 0 Å². The molecule has 44 heavy (non-hydrogen) atoms. The van der Waals surface area contributed by atoms with Crippen LogP contribution in [0.25, 0.3) is 0 Å². The van der Waals surface area contributed by atoms with Crippen molar-refractivity contribution in [3.05, 3.63) is 94.5 Å². The minimum absolute atomic E-state index is 0.0612. The van der Waals surface area contributed by atoms with Crippen LogP contribution in [0.15, 0.2) is 93.3 Å². The molecular formula is C38H48N2O4. The summed E-state index contributed by atoms with van der Waals surface area (Å²) in [6.45, 7) is 9.37. The molecule has 4 rings (SSSR count). The second-order valence-electron chi connectivity index (χ2n) is 13.9. The molecule has 0 aromatic heterocycles. The second-order valence-corrected chi connectivity index (χ2v) is 13.9.